The number of aryl methyl sites for hydroxylation is 3. The third-order valence-corrected chi connectivity index (χ3v) is 5.02. The Morgan fingerprint density at radius 2 is 1.79 bits per heavy atom. The molecule has 2 aromatic rings. The highest BCUT2D eigenvalue weighted by molar-refractivity contribution is 5.94. The molecule has 0 atom stereocenters. The number of nitrogens with one attached hydrogen (secondary N) is 1. The zero-order chi connectivity index (χ0) is 19.9. The second kappa shape index (κ2) is 9.50. The number of carbonyl (C=O) groups excluding carboxylic acids is 2. The number of piperazine rings is 1. The maximum Gasteiger partial charge on any atom is 0.253 e. The van der Waals surface area contributed by atoms with E-state index in [1.54, 1.807) is 0 Å². The van der Waals surface area contributed by atoms with Gasteiger partial charge in [0.15, 0.2) is 0 Å². The van der Waals surface area contributed by atoms with Crippen LogP contribution >= 0.6 is 0 Å². The van der Waals surface area contributed by atoms with Gasteiger partial charge in [0.2, 0.25) is 5.91 Å². The van der Waals surface area contributed by atoms with E-state index < -0.39 is 0 Å². The largest absolute Gasteiger partial charge is 0.355 e. The summed E-state index contributed by atoms with van der Waals surface area (Å²) < 4.78 is 1.98. The van der Waals surface area contributed by atoms with Crippen LogP contribution in [0.4, 0.5) is 0 Å². The number of hydrogen-bond acceptors (Lipinski definition) is 4. The Balaban J connectivity index is 1.33. The molecule has 3 rings (SSSR count). The first kappa shape index (κ1) is 20.1. The van der Waals surface area contributed by atoms with Gasteiger partial charge in [-0.2, -0.15) is 5.10 Å². The number of hydrogen-bond donors (Lipinski definition) is 1. The van der Waals surface area contributed by atoms with Gasteiger partial charge in [0.25, 0.3) is 5.91 Å². The number of nitrogens with zero attached hydrogens (tertiary/aromatic N) is 4. The van der Waals surface area contributed by atoms with Gasteiger partial charge < -0.3 is 10.2 Å². The molecule has 150 valence electrons. The number of aromatic nitrogens is 2. The summed E-state index contributed by atoms with van der Waals surface area (Å²) >= 11 is 0. The standard InChI is InChI=1S/C21H29N5O2/c1-17-15-18(2)26(23-17)10-6-9-22-20(27)16-24-11-13-25(14-12-24)21(28)19-7-4-3-5-8-19/h3-5,7-8,15H,6,9-14,16H2,1-2H3,(H,22,27). The van der Waals surface area contributed by atoms with Gasteiger partial charge >= 0.3 is 0 Å². The topological polar surface area (TPSA) is 70.5 Å². The lowest BCUT2D eigenvalue weighted by Crippen LogP contribution is -2.51. The highest BCUT2D eigenvalue weighted by Crippen LogP contribution is 2.08. The first-order valence-corrected chi connectivity index (χ1v) is 9.87. The van der Waals surface area contributed by atoms with Crippen LogP contribution in [0.15, 0.2) is 36.4 Å². The molecule has 1 aromatic carbocycles. The average Bonchev–Trinajstić information content (AvgIpc) is 3.03. The van der Waals surface area contributed by atoms with Crippen molar-refractivity contribution in [2.24, 2.45) is 0 Å². The normalized spacial score (nSPS) is 14.9. The lowest BCUT2D eigenvalue weighted by Gasteiger charge is -2.34. The summed E-state index contributed by atoms with van der Waals surface area (Å²) in [5, 5.41) is 7.41. The minimum Gasteiger partial charge on any atom is -0.355 e. The highest BCUT2D eigenvalue weighted by atomic mass is 16.2. The minimum absolute atomic E-state index is 0.0382. The molecule has 7 heteroatoms. The van der Waals surface area contributed by atoms with E-state index in [2.05, 4.69) is 21.4 Å². The van der Waals surface area contributed by atoms with Gasteiger partial charge in [-0.05, 0) is 38.5 Å². The van der Waals surface area contributed by atoms with Gasteiger partial charge in [-0.1, -0.05) is 18.2 Å². The molecule has 1 N–H and O–H groups in total. The molecule has 0 saturated carbocycles. The predicted molar refractivity (Wildman–Crippen MR) is 108 cm³/mol. The molecular weight excluding hydrogens is 354 g/mol. The zero-order valence-electron chi connectivity index (χ0n) is 16.7. The zero-order valence-corrected chi connectivity index (χ0v) is 16.7. The highest BCUT2D eigenvalue weighted by Gasteiger charge is 2.23. The van der Waals surface area contributed by atoms with Gasteiger partial charge in [0.05, 0.1) is 12.2 Å². The SMILES string of the molecule is Cc1cc(C)n(CCCNC(=O)CN2CCN(C(=O)c3ccccc3)CC2)n1. The lowest BCUT2D eigenvalue weighted by molar-refractivity contribution is -0.122. The fourth-order valence-electron chi connectivity index (χ4n) is 3.49. The van der Waals surface area contributed by atoms with Crippen LogP contribution in [0.3, 0.4) is 0 Å². The molecule has 0 aliphatic carbocycles. The van der Waals surface area contributed by atoms with Crippen molar-refractivity contribution in [2.75, 3.05) is 39.3 Å². The van der Waals surface area contributed by atoms with Crippen LogP contribution in [0.5, 0.6) is 0 Å². The molecule has 1 aromatic heterocycles. The van der Waals surface area contributed by atoms with E-state index in [0.29, 0.717) is 26.2 Å². The summed E-state index contributed by atoms with van der Waals surface area (Å²) in [6, 6.07) is 11.4. The first-order valence-electron chi connectivity index (χ1n) is 9.87. The molecule has 1 aliphatic rings. The molecular formula is C21H29N5O2. The average molecular weight is 383 g/mol. The van der Waals surface area contributed by atoms with Crippen molar-refractivity contribution in [1.82, 2.24) is 24.9 Å². The Kier molecular flexibility index (Phi) is 6.81. The Morgan fingerprint density at radius 3 is 2.43 bits per heavy atom. The Morgan fingerprint density at radius 1 is 1.07 bits per heavy atom. The van der Waals surface area contributed by atoms with E-state index in [1.807, 2.05) is 53.8 Å². The van der Waals surface area contributed by atoms with Gasteiger partial charge in [-0.3, -0.25) is 19.2 Å². The summed E-state index contributed by atoms with van der Waals surface area (Å²) in [7, 11) is 0. The molecule has 0 spiro atoms. The number of rotatable bonds is 7. The third kappa shape index (κ3) is 5.42. The fourth-order valence-corrected chi connectivity index (χ4v) is 3.49. The number of carbonyl (C=O) groups is 2. The molecule has 0 bridgehead atoms. The van der Waals surface area contributed by atoms with E-state index in [-0.39, 0.29) is 11.8 Å². The molecule has 0 radical (unpaired) electrons. The lowest BCUT2D eigenvalue weighted by atomic mass is 10.2. The Labute approximate surface area is 166 Å². The summed E-state index contributed by atoms with van der Waals surface area (Å²) in [5.41, 5.74) is 2.88. The minimum atomic E-state index is 0.0382. The van der Waals surface area contributed by atoms with Crippen molar-refractivity contribution in [2.45, 2.75) is 26.8 Å². The van der Waals surface area contributed by atoms with Crippen LogP contribution in [-0.2, 0) is 11.3 Å². The van der Waals surface area contributed by atoms with Gasteiger partial charge in [0, 0.05) is 50.5 Å². The summed E-state index contributed by atoms with van der Waals surface area (Å²) in [6.45, 7) is 8.60. The number of amides is 2. The Bertz CT molecular complexity index is 794. The summed E-state index contributed by atoms with van der Waals surface area (Å²) in [6.07, 6.45) is 0.854. The molecule has 1 aliphatic heterocycles. The van der Waals surface area contributed by atoms with Crippen LogP contribution in [0.25, 0.3) is 0 Å². The van der Waals surface area contributed by atoms with E-state index in [0.717, 1.165) is 43.0 Å². The summed E-state index contributed by atoms with van der Waals surface area (Å²) in [4.78, 5) is 28.6. The third-order valence-electron chi connectivity index (χ3n) is 5.02. The molecule has 7 nitrogen and oxygen atoms in total. The van der Waals surface area contributed by atoms with Gasteiger partial charge in [0.1, 0.15) is 0 Å². The van der Waals surface area contributed by atoms with E-state index in [4.69, 9.17) is 0 Å². The Hall–Kier alpha value is -2.67. The van der Waals surface area contributed by atoms with E-state index in [1.165, 1.54) is 0 Å². The van der Waals surface area contributed by atoms with Crippen molar-refractivity contribution in [3.8, 4) is 0 Å². The van der Waals surface area contributed by atoms with Crippen molar-refractivity contribution in [3.05, 3.63) is 53.3 Å². The van der Waals surface area contributed by atoms with Crippen LogP contribution in [0.2, 0.25) is 0 Å². The molecule has 2 heterocycles. The number of benzene rings is 1. The second-order valence-electron chi connectivity index (χ2n) is 7.29. The maximum absolute atomic E-state index is 12.5. The first-order chi connectivity index (χ1) is 13.5. The van der Waals surface area contributed by atoms with E-state index >= 15 is 0 Å². The maximum atomic E-state index is 12.5. The van der Waals surface area contributed by atoms with Crippen LogP contribution < -0.4 is 5.32 Å². The second-order valence-corrected chi connectivity index (χ2v) is 7.29. The van der Waals surface area contributed by atoms with E-state index in [9.17, 15) is 9.59 Å². The molecule has 2 amide bonds. The van der Waals surface area contributed by atoms with Crippen LogP contribution in [-0.4, -0.2) is 70.7 Å². The molecule has 28 heavy (non-hydrogen) atoms. The van der Waals surface area contributed by atoms with Crippen molar-refractivity contribution in [1.29, 1.82) is 0 Å². The molecule has 0 unspecified atom stereocenters. The molecule has 1 saturated heterocycles. The van der Waals surface area contributed by atoms with Crippen molar-refractivity contribution < 1.29 is 9.59 Å². The monoisotopic (exact) mass is 383 g/mol. The quantitative estimate of drug-likeness (QED) is 0.735. The fraction of sp³-hybridized carbons (Fsp3) is 0.476. The van der Waals surface area contributed by atoms with Crippen LogP contribution in [0.1, 0.15) is 28.2 Å². The van der Waals surface area contributed by atoms with Crippen LogP contribution in [0, 0.1) is 13.8 Å². The van der Waals surface area contributed by atoms with Crippen molar-refractivity contribution in [3.63, 3.8) is 0 Å². The smallest absolute Gasteiger partial charge is 0.253 e. The summed E-state index contributed by atoms with van der Waals surface area (Å²) in [5.74, 6) is 0.102. The van der Waals surface area contributed by atoms with Gasteiger partial charge in [-0.15, -0.1) is 0 Å². The van der Waals surface area contributed by atoms with Gasteiger partial charge in [-0.25, -0.2) is 0 Å². The molecule has 1 fully saturated rings. The van der Waals surface area contributed by atoms with Crippen molar-refractivity contribution >= 4 is 11.8 Å². The predicted octanol–water partition coefficient (Wildman–Crippen LogP) is 1.46.